The molecule has 1 atom stereocenters. The van der Waals surface area contributed by atoms with Crippen molar-refractivity contribution in [1.29, 1.82) is 0 Å². The fourth-order valence-corrected chi connectivity index (χ4v) is 2.45. The summed E-state index contributed by atoms with van der Waals surface area (Å²) in [6.45, 7) is 0. The molecule has 1 aliphatic rings. The van der Waals surface area contributed by atoms with Crippen LogP contribution in [-0.4, -0.2) is 32.7 Å². The minimum absolute atomic E-state index is 0.367. The molecule has 1 unspecified atom stereocenters. The van der Waals surface area contributed by atoms with Gasteiger partial charge in [0.2, 0.25) is 11.9 Å². The summed E-state index contributed by atoms with van der Waals surface area (Å²) in [6.07, 6.45) is 2.46. The number of hydrogen-bond donors (Lipinski definition) is 3. The first-order valence-electron chi connectivity index (χ1n) is 4.37. The minimum atomic E-state index is 0.367. The molecule has 1 aliphatic heterocycles. The summed E-state index contributed by atoms with van der Waals surface area (Å²) in [5, 5.41) is 9.78. The maximum absolute atomic E-state index is 5.41. The predicted molar refractivity (Wildman–Crippen MR) is 54.8 cm³/mol. The Morgan fingerprint density at radius 1 is 1.62 bits per heavy atom. The molecule has 13 heavy (non-hydrogen) atoms. The fourth-order valence-electron chi connectivity index (χ4n) is 1.38. The van der Waals surface area contributed by atoms with Crippen LogP contribution in [0.5, 0.6) is 0 Å². The summed E-state index contributed by atoms with van der Waals surface area (Å²) in [4.78, 5) is 4.00. The molecule has 2 heterocycles. The Morgan fingerprint density at radius 2 is 2.54 bits per heavy atom. The zero-order chi connectivity index (χ0) is 9.10. The molecular formula is C7H13N5S. The Bertz CT molecular complexity index is 268. The Kier molecular flexibility index (Phi) is 2.58. The largest absolute Gasteiger partial charge is 0.368 e. The van der Waals surface area contributed by atoms with Crippen LogP contribution in [0.1, 0.15) is 12.8 Å². The van der Waals surface area contributed by atoms with E-state index in [0.717, 1.165) is 5.75 Å². The van der Waals surface area contributed by atoms with Crippen molar-refractivity contribution in [2.24, 2.45) is 0 Å². The molecule has 1 aromatic heterocycles. The Balaban J connectivity index is 1.89. The maximum Gasteiger partial charge on any atom is 0.243 e. The number of nitrogen functional groups attached to an aromatic ring is 1. The number of nitrogens with one attached hydrogen (secondary N) is 2. The quantitative estimate of drug-likeness (QED) is 0.653. The highest BCUT2D eigenvalue weighted by Crippen LogP contribution is 2.19. The molecule has 1 fully saturated rings. The zero-order valence-corrected chi connectivity index (χ0v) is 8.10. The number of nitrogens with two attached hydrogens (primary N) is 1. The van der Waals surface area contributed by atoms with Gasteiger partial charge in [0, 0.05) is 11.8 Å². The number of rotatable bonds is 2. The van der Waals surface area contributed by atoms with Gasteiger partial charge in [0.25, 0.3) is 0 Å². The summed E-state index contributed by atoms with van der Waals surface area (Å²) in [6, 6.07) is 0.494. The van der Waals surface area contributed by atoms with E-state index in [-0.39, 0.29) is 0 Å². The van der Waals surface area contributed by atoms with Crippen molar-refractivity contribution >= 4 is 23.7 Å². The summed E-state index contributed by atoms with van der Waals surface area (Å²) >= 11 is 1.97. The van der Waals surface area contributed by atoms with Gasteiger partial charge in [-0.2, -0.15) is 16.7 Å². The van der Waals surface area contributed by atoms with E-state index in [1.807, 2.05) is 11.8 Å². The molecule has 4 N–H and O–H groups in total. The van der Waals surface area contributed by atoms with Crippen LogP contribution in [-0.2, 0) is 0 Å². The summed E-state index contributed by atoms with van der Waals surface area (Å²) in [5.74, 6) is 3.39. The first-order valence-corrected chi connectivity index (χ1v) is 5.52. The molecule has 1 aromatic rings. The lowest BCUT2D eigenvalue weighted by molar-refractivity contribution is 0.679. The number of hydrogen-bond acceptors (Lipinski definition) is 5. The van der Waals surface area contributed by atoms with E-state index in [0.29, 0.717) is 17.9 Å². The molecule has 0 amide bonds. The van der Waals surface area contributed by atoms with Gasteiger partial charge in [-0.15, -0.1) is 5.10 Å². The second-order valence-electron chi connectivity index (χ2n) is 3.10. The summed E-state index contributed by atoms with van der Waals surface area (Å²) < 4.78 is 0. The maximum atomic E-state index is 5.41. The van der Waals surface area contributed by atoms with E-state index in [2.05, 4.69) is 20.5 Å². The topological polar surface area (TPSA) is 79.6 Å². The van der Waals surface area contributed by atoms with Crippen LogP contribution in [0.25, 0.3) is 0 Å². The molecule has 6 heteroatoms. The lowest BCUT2D eigenvalue weighted by Gasteiger charge is -2.21. The van der Waals surface area contributed by atoms with Gasteiger partial charge in [-0.1, -0.05) is 0 Å². The highest BCUT2D eigenvalue weighted by Gasteiger charge is 2.14. The van der Waals surface area contributed by atoms with E-state index < -0.39 is 0 Å². The molecule has 0 aromatic carbocycles. The van der Waals surface area contributed by atoms with Gasteiger partial charge >= 0.3 is 0 Å². The number of aromatic amines is 1. The number of thioether (sulfide) groups is 1. The SMILES string of the molecule is Nc1nc(NC2CCCSC2)n[nH]1. The molecule has 0 bridgehead atoms. The molecule has 72 valence electrons. The molecular weight excluding hydrogens is 186 g/mol. The summed E-state index contributed by atoms with van der Waals surface area (Å²) in [7, 11) is 0. The number of nitrogens with zero attached hydrogens (tertiary/aromatic N) is 2. The van der Waals surface area contributed by atoms with Crippen molar-refractivity contribution in [2.75, 3.05) is 22.6 Å². The lowest BCUT2D eigenvalue weighted by Crippen LogP contribution is -2.26. The third-order valence-electron chi connectivity index (χ3n) is 2.00. The van der Waals surface area contributed by atoms with Crippen LogP contribution in [0.4, 0.5) is 11.9 Å². The van der Waals surface area contributed by atoms with Crippen molar-refractivity contribution in [3.05, 3.63) is 0 Å². The predicted octanol–water partition coefficient (Wildman–Crippen LogP) is 0.694. The molecule has 0 radical (unpaired) electrons. The third-order valence-corrected chi connectivity index (χ3v) is 3.21. The molecule has 2 rings (SSSR count). The Hall–Kier alpha value is -0.910. The minimum Gasteiger partial charge on any atom is -0.368 e. The van der Waals surface area contributed by atoms with E-state index in [1.165, 1.54) is 18.6 Å². The van der Waals surface area contributed by atoms with Gasteiger partial charge in [-0.3, -0.25) is 0 Å². The molecule has 0 saturated carbocycles. The fraction of sp³-hybridized carbons (Fsp3) is 0.714. The zero-order valence-electron chi connectivity index (χ0n) is 7.29. The van der Waals surface area contributed by atoms with Gasteiger partial charge < -0.3 is 11.1 Å². The normalized spacial score (nSPS) is 22.9. The van der Waals surface area contributed by atoms with Crippen molar-refractivity contribution < 1.29 is 0 Å². The van der Waals surface area contributed by atoms with E-state index in [9.17, 15) is 0 Å². The second-order valence-corrected chi connectivity index (χ2v) is 4.25. The van der Waals surface area contributed by atoms with Gasteiger partial charge in [0.1, 0.15) is 0 Å². The number of anilines is 2. The molecule has 1 saturated heterocycles. The van der Waals surface area contributed by atoms with Gasteiger partial charge in [0.05, 0.1) is 0 Å². The lowest BCUT2D eigenvalue weighted by atomic mass is 10.2. The van der Waals surface area contributed by atoms with Crippen LogP contribution in [0.2, 0.25) is 0 Å². The number of aromatic nitrogens is 3. The Morgan fingerprint density at radius 3 is 3.15 bits per heavy atom. The van der Waals surface area contributed by atoms with E-state index >= 15 is 0 Å². The van der Waals surface area contributed by atoms with Gasteiger partial charge in [0.15, 0.2) is 0 Å². The van der Waals surface area contributed by atoms with Gasteiger partial charge in [-0.05, 0) is 18.6 Å². The second kappa shape index (κ2) is 3.87. The molecule has 0 aliphatic carbocycles. The van der Waals surface area contributed by atoms with Crippen LogP contribution in [0.15, 0.2) is 0 Å². The van der Waals surface area contributed by atoms with Crippen molar-refractivity contribution in [2.45, 2.75) is 18.9 Å². The van der Waals surface area contributed by atoms with E-state index in [4.69, 9.17) is 5.73 Å². The first kappa shape index (κ1) is 8.68. The highest BCUT2D eigenvalue weighted by atomic mass is 32.2. The van der Waals surface area contributed by atoms with Crippen molar-refractivity contribution in [3.8, 4) is 0 Å². The van der Waals surface area contributed by atoms with Crippen LogP contribution < -0.4 is 11.1 Å². The highest BCUT2D eigenvalue weighted by molar-refractivity contribution is 7.99. The van der Waals surface area contributed by atoms with Crippen molar-refractivity contribution in [1.82, 2.24) is 15.2 Å². The average Bonchev–Trinajstić information content (AvgIpc) is 2.53. The smallest absolute Gasteiger partial charge is 0.243 e. The van der Waals surface area contributed by atoms with Crippen LogP contribution >= 0.6 is 11.8 Å². The summed E-state index contributed by atoms with van der Waals surface area (Å²) in [5.41, 5.74) is 5.41. The molecule has 0 spiro atoms. The number of H-pyrrole nitrogens is 1. The third kappa shape index (κ3) is 2.27. The Labute approximate surface area is 80.9 Å². The monoisotopic (exact) mass is 199 g/mol. The molecule has 5 nitrogen and oxygen atoms in total. The van der Waals surface area contributed by atoms with Crippen LogP contribution in [0.3, 0.4) is 0 Å². The van der Waals surface area contributed by atoms with Gasteiger partial charge in [-0.25, -0.2) is 5.10 Å². The first-order chi connectivity index (χ1) is 6.34. The van der Waals surface area contributed by atoms with Crippen molar-refractivity contribution in [3.63, 3.8) is 0 Å². The average molecular weight is 199 g/mol. The van der Waals surface area contributed by atoms with E-state index in [1.54, 1.807) is 0 Å². The van der Waals surface area contributed by atoms with Crippen LogP contribution in [0, 0.1) is 0 Å². The standard InChI is InChI=1S/C7H13N5S/c8-6-10-7(12-11-6)9-5-2-1-3-13-4-5/h5H,1-4H2,(H4,8,9,10,11,12).